The molecule has 1 aliphatic heterocycles. The number of hydrogen-bond acceptors (Lipinski definition) is 4. The summed E-state index contributed by atoms with van der Waals surface area (Å²) in [5, 5.41) is 0. The number of rotatable bonds is 4. The van der Waals surface area contributed by atoms with E-state index < -0.39 is 0 Å². The molecular formula is C15H21NO3. The molecule has 4 heteroatoms. The van der Waals surface area contributed by atoms with E-state index in [0.29, 0.717) is 5.54 Å². The van der Waals surface area contributed by atoms with E-state index in [1.165, 1.54) is 18.4 Å². The van der Waals surface area contributed by atoms with E-state index in [1.54, 1.807) is 14.2 Å². The Kier molecular flexibility index (Phi) is 3.37. The summed E-state index contributed by atoms with van der Waals surface area (Å²) in [6.45, 7) is 3.65. The molecule has 19 heavy (non-hydrogen) atoms. The molecule has 0 unspecified atom stereocenters. The van der Waals surface area contributed by atoms with Crippen LogP contribution in [0.2, 0.25) is 0 Å². The summed E-state index contributed by atoms with van der Waals surface area (Å²) in [5.41, 5.74) is 1.53. The highest BCUT2D eigenvalue weighted by Gasteiger charge is 2.49. The average Bonchev–Trinajstić information content (AvgIpc) is 3.22. The number of hydrogen-bond donors (Lipinski definition) is 0. The van der Waals surface area contributed by atoms with Crippen LogP contribution in [-0.4, -0.2) is 44.4 Å². The van der Waals surface area contributed by atoms with E-state index in [-0.39, 0.29) is 0 Å². The molecule has 1 saturated carbocycles. The van der Waals surface area contributed by atoms with E-state index in [2.05, 4.69) is 11.0 Å². The van der Waals surface area contributed by atoms with Crippen molar-refractivity contribution >= 4 is 0 Å². The summed E-state index contributed by atoms with van der Waals surface area (Å²) in [6.07, 6.45) is 2.51. The number of nitrogens with zero attached hydrogens (tertiary/aromatic N) is 1. The van der Waals surface area contributed by atoms with E-state index in [0.717, 1.165) is 37.8 Å². The Morgan fingerprint density at radius 3 is 2.79 bits per heavy atom. The molecule has 1 aromatic carbocycles. The van der Waals surface area contributed by atoms with Gasteiger partial charge in [-0.3, -0.25) is 4.90 Å². The normalized spacial score (nSPS) is 21.4. The largest absolute Gasteiger partial charge is 0.497 e. The average molecular weight is 263 g/mol. The zero-order chi connectivity index (χ0) is 13.3. The van der Waals surface area contributed by atoms with Crippen molar-refractivity contribution in [1.29, 1.82) is 0 Å². The monoisotopic (exact) mass is 263 g/mol. The van der Waals surface area contributed by atoms with Gasteiger partial charge in [-0.1, -0.05) is 6.07 Å². The van der Waals surface area contributed by atoms with Gasteiger partial charge in [0.15, 0.2) is 0 Å². The molecule has 0 atom stereocenters. The maximum absolute atomic E-state index is 5.62. The molecule has 2 aliphatic rings. The highest BCUT2D eigenvalue weighted by molar-refractivity contribution is 5.41. The molecule has 1 saturated heterocycles. The Balaban J connectivity index is 1.78. The Bertz CT molecular complexity index is 457. The fourth-order valence-electron chi connectivity index (χ4n) is 2.81. The van der Waals surface area contributed by atoms with Gasteiger partial charge in [0.05, 0.1) is 27.4 Å². The predicted molar refractivity (Wildman–Crippen MR) is 72.7 cm³/mol. The first-order valence-electron chi connectivity index (χ1n) is 6.81. The first-order valence-corrected chi connectivity index (χ1v) is 6.81. The van der Waals surface area contributed by atoms with Gasteiger partial charge in [-0.25, -0.2) is 0 Å². The van der Waals surface area contributed by atoms with Crippen LogP contribution < -0.4 is 9.47 Å². The van der Waals surface area contributed by atoms with Gasteiger partial charge in [-0.15, -0.1) is 0 Å². The van der Waals surface area contributed by atoms with Crippen LogP contribution in [0.1, 0.15) is 18.4 Å². The predicted octanol–water partition coefficient (Wildman–Crippen LogP) is 2.07. The van der Waals surface area contributed by atoms with Crippen LogP contribution in [0, 0.1) is 0 Å². The summed E-state index contributed by atoms with van der Waals surface area (Å²) >= 11 is 0. The van der Waals surface area contributed by atoms with Crippen molar-refractivity contribution in [3.63, 3.8) is 0 Å². The summed E-state index contributed by atoms with van der Waals surface area (Å²) < 4.78 is 16.3. The van der Waals surface area contributed by atoms with E-state index in [4.69, 9.17) is 14.2 Å². The van der Waals surface area contributed by atoms with Gasteiger partial charge < -0.3 is 14.2 Å². The highest BCUT2D eigenvalue weighted by atomic mass is 16.5. The SMILES string of the molecule is COc1ccc(CN2CCOCC23CC3)c(OC)c1. The third-order valence-electron chi connectivity index (χ3n) is 4.23. The Morgan fingerprint density at radius 2 is 2.11 bits per heavy atom. The minimum absolute atomic E-state index is 0.309. The Labute approximate surface area is 114 Å². The lowest BCUT2D eigenvalue weighted by Crippen LogP contribution is -2.46. The lowest BCUT2D eigenvalue weighted by molar-refractivity contribution is -0.0247. The van der Waals surface area contributed by atoms with Crippen LogP contribution in [0.3, 0.4) is 0 Å². The number of morpholine rings is 1. The third kappa shape index (κ3) is 2.42. The minimum atomic E-state index is 0.309. The van der Waals surface area contributed by atoms with Crippen molar-refractivity contribution in [3.8, 4) is 11.5 Å². The molecule has 104 valence electrons. The number of ether oxygens (including phenoxy) is 3. The Hall–Kier alpha value is -1.26. The topological polar surface area (TPSA) is 30.9 Å². The second kappa shape index (κ2) is 5.02. The van der Waals surface area contributed by atoms with Crippen LogP contribution in [0.5, 0.6) is 11.5 Å². The van der Waals surface area contributed by atoms with Crippen molar-refractivity contribution in [3.05, 3.63) is 23.8 Å². The lowest BCUT2D eigenvalue weighted by Gasteiger charge is -2.36. The molecule has 2 fully saturated rings. The molecule has 0 bridgehead atoms. The molecule has 3 rings (SSSR count). The molecule has 0 N–H and O–H groups in total. The van der Waals surface area contributed by atoms with Gasteiger partial charge in [-0.05, 0) is 18.9 Å². The molecule has 1 heterocycles. The van der Waals surface area contributed by atoms with Crippen LogP contribution in [0.15, 0.2) is 18.2 Å². The summed E-state index contributed by atoms with van der Waals surface area (Å²) in [4.78, 5) is 2.54. The fourth-order valence-corrected chi connectivity index (χ4v) is 2.81. The standard InChI is InChI=1S/C15H21NO3/c1-17-13-4-3-12(14(9-13)18-2)10-16-7-8-19-11-15(16)5-6-15/h3-4,9H,5-8,10-11H2,1-2H3. The molecule has 0 aromatic heterocycles. The second-order valence-electron chi connectivity index (χ2n) is 5.38. The fraction of sp³-hybridized carbons (Fsp3) is 0.600. The maximum Gasteiger partial charge on any atom is 0.127 e. The quantitative estimate of drug-likeness (QED) is 0.832. The van der Waals surface area contributed by atoms with E-state index in [1.807, 2.05) is 12.1 Å². The zero-order valence-corrected chi connectivity index (χ0v) is 11.6. The summed E-state index contributed by atoms with van der Waals surface area (Å²) in [5.74, 6) is 1.74. The van der Waals surface area contributed by atoms with Crippen LogP contribution in [-0.2, 0) is 11.3 Å². The van der Waals surface area contributed by atoms with Gasteiger partial charge in [0.1, 0.15) is 11.5 Å². The molecular weight excluding hydrogens is 242 g/mol. The van der Waals surface area contributed by atoms with Gasteiger partial charge in [0, 0.05) is 30.3 Å². The summed E-state index contributed by atoms with van der Waals surface area (Å²) in [7, 11) is 3.39. The van der Waals surface area contributed by atoms with E-state index in [9.17, 15) is 0 Å². The molecule has 4 nitrogen and oxygen atoms in total. The first-order chi connectivity index (χ1) is 9.27. The van der Waals surface area contributed by atoms with Crippen molar-refractivity contribution in [2.24, 2.45) is 0 Å². The molecule has 1 spiro atoms. The molecule has 1 aromatic rings. The Morgan fingerprint density at radius 1 is 1.26 bits per heavy atom. The highest BCUT2D eigenvalue weighted by Crippen LogP contribution is 2.44. The van der Waals surface area contributed by atoms with Gasteiger partial charge in [0.25, 0.3) is 0 Å². The van der Waals surface area contributed by atoms with Crippen molar-refractivity contribution in [1.82, 2.24) is 4.90 Å². The lowest BCUT2D eigenvalue weighted by atomic mass is 10.1. The van der Waals surface area contributed by atoms with E-state index >= 15 is 0 Å². The zero-order valence-electron chi connectivity index (χ0n) is 11.6. The third-order valence-corrected chi connectivity index (χ3v) is 4.23. The molecule has 0 amide bonds. The van der Waals surface area contributed by atoms with Crippen molar-refractivity contribution in [2.75, 3.05) is 34.0 Å². The minimum Gasteiger partial charge on any atom is -0.497 e. The smallest absolute Gasteiger partial charge is 0.127 e. The van der Waals surface area contributed by atoms with Crippen molar-refractivity contribution < 1.29 is 14.2 Å². The van der Waals surface area contributed by atoms with Gasteiger partial charge in [-0.2, -0.15) is 0 Å². The first kappa shape index (κ1) is 12.8. The molecule has 0 radical (unpaired) electrons. The second-order valence-corrected chi connectivity index (χ2v) is 5.38. The van der Waals surface area contributed by atoms with Crippen LogP contribution in [0.25, 0.3) is 0 Å². The van der Waals surface area contributed by atoms with Crippen LogP contribution >= 0.6 is 0 Å². The van der Waals surface area contributed by atoms with Crippen LogP contribution in [0.4, 0.5) is 0 Å². The maximum atomic E-state index is 5.62. The number of methoxy groups -OCH3 is 2. The number of benzene rings is 1. The van der Waals surface area contributed by atoms with Gasteiger partial charge in [0.2, 0.25) is 0 Å². The van der Waals surface area contributed by atoms with Gasteiger partial charge >= 0.3 is 0 Å². The molecule has 1 aliphatic carbocycles. The summed E-state index contributed by atoms with van der Waals surface area (Å²) in [6, 6.07) is 6.05. The van der Waals surface area contributed by atoms with Crippen molar-refractivity contribution in [2.45, 2.75) is 24.9 Å².